The highest BCUT2D eigenvalue weighted by molar-refractivity contribution is 7.99. The Kier molecular flexibility index (Phi) is 5.24. The van der Waals surface area contributed by atoms with Crippen LogP contribution >= 0.6 is 23.4 Å². The molecule has 0 amide bonds. The van der Waals surface area contributed by atoms with Crippen LogP contribution in [0.25, 0.3) is 11.4 Å². The van der Waals surface area contributed by atoms with Gasteiger partial charge in [-0.15, -0.1) is 11.8 Å². The van der Waals surface area contributed by atoms with Gasteiger partial charge in [0.15, 0.2) is 0 Å². The molecular formula is C13H16ClN3OS. The van der Waals surface area contributed by atoms with Crippen LogP contribution in [0.2, 0.25) is 5.02 Å². The minimum Gasteiger partial charge on any atom is -0.338 e. The first-order valence-corrected chi connectivity index (χ1v) is 7.52. The topological polar surface area (TPSA) is 64.9 Å². The van der Waals surface area contributed by atoms with Gasteiger partial charge < -0.3 is 10.3 Å². The van der Waals surface area contributed by atoms with Gasteiger partial charge in [0.25, 0.3) is 0 Å². The van der Waals surface area contributed by atoms with Gasteiger partial charge in [0.05, 0.1) is 5.75 Å². The molecule has 102 valence electrons. The molecule has 0 saturated carbocycles. The molecule has 19 heavy (non-hydrogen) atoms. The van der Waals surface area contributed by atoms with E-state index in [-0.39, 0.29) is 0 Å². The van der Waals surface area contributed by atoms with E-state index in [0.717, 1.165) is 12.0 Å². The number of aromatic nitrogens is 2. The van der Waals surface area contributed by atoms with Crippen molar-refractivity contribution >= 4 is 23.4 Å². The lowest BCUT2D eigenvalue weighted by atomic mass is 10.2. The predicted molar refractivity (Wildman–Crippen MR) is 79.2 cm³/mol. The molecule has 1 aromatic heterocycles. The van der Waals surface area contributed by atoms with Crippen LogP contribution in [0.1, 0.15) is 19.2 Å². The second-order valence-corrected chi connectivity index (χ2v) is 6.08. The van der Waals surface area contributed by atoms with Gasteiger partial charge in [-0.05, 0) is 25.1 Å². The molecular weight excluding hydrogens is 282 g/mol. The van der Waals surface area contributed by atoms with Gasteiger partial charge in [-0.3, -0.25) is 0 Å². The zero-order chi connectivity index (χ0) is 13.7. The van der Waals surface area contributed by atoms with E-state index in [1.807, 2.05) is 24.3 Å². The number of hydrogen-bond donors (Lipinski definition) is 1. The van der Waals surface area contributed by atoms with Crippen LogP contribution in [0.3, 0.4) is 0 Å². The summed E-state index contributed by atoms with van der Waals surface area (Å²) in [6.07, 6.45) is 0.986. The van der Waals surface area contributed by atoms with Crippen molar-refractivity contribution in [1.82, 2.24) is 10.1 Å². The predicted octanol–water partition coefficient (Wildman–Crippen LogP) is 3.36. The Labute approximate surface area is 121 Å². The Morgan fingerprint density at radius 3 is 3.05 bits per heavy atom. The number of benzene rings is 1. The molecule has 1 aromatic carbocycles. The van der Waals surface area contributed by atoms with Crippen molar-refractivity contribution in [3.63, 3.8) is 0 Å². The van der Waals surface area contributed by atoms with Crippen LogP contribution in [0.5, 0.6) is 0 Å². The van der Waals surface area contributed by atoms with Crippen molar-refractivity contribution < 1.29 is 4.52 Å². The summed E-state index contributed by atoms with van der Waals surface area (Å²) in [5, 5.41) is 5.12. The minimum absolute atomic E-state index is 0.492. The summed E-state index contributed by atoms with van der Waals surface area (Å²) in [7, 11) is 0. The minimum atomic E-state index is 0.492. The third-order valence-electron chi connectivity index (χ3n) is 2.62. The van der Waals surface area contributed by atoms with Crippen molar-refractivity contribution in [3.05, 3.63) is 35.2 Å². The fraction of sp³-hybridized carbons (Fsp3) is 0.385. The summed E-state index contributed by atoms with van der Waals surface area (Å²) in [4.78, 5) is 4.37. The van der Waals surface area contributed by atoms with Crippen LogP contribution in [0.4, 0.5) is 0 Å². The van der Waals surface area contributed by atoms with Gasteiger partial charge in [0, 0.05) is 15.8 Å². The molecule has 1 atom stereocenters. The van der Waals surface area contributed by atoms with Crippen LogP contribution in [-0.2, 0) is 5.75 Å². The van der Waals surface area contributed by atoms with Gasteiger partial charge in [-0.2, -0.15) is 4.98 Å². The first-order chi connectivity index (χ1) is 9.19. The summed E-state index contributed by atoms with van der Waals surface area (Å²) >= 11 is 7.70. The van der Waals surface area contributed by atoms with Crippen molar-refractivity contribution in [1.29, 1.82) is 0 Å². The molecule has 6 heteroatoms. The average molecular weight is 298 g/mol. The molecule has 0 bridgehead atoms. The second-order valence-electron chi connectivity index (χ2n) is 4.22. The van der Waals surface area contributed by atoms with Crippen LogP contribution in [0, 0.1) is 0 Å². The highest BCUT2D eigenvalue weighted by atomic mass is 35.5. The van der Waals surface area contributed by atoms with E-state index in [1.165, 1.54) is 0 Å². The lowest BCUT2D eigenvalue weighted by Gasteiger charge is -2.06. The molecule has 2 rings (SSSR count). The van der Waals surface area contributed by atoms with Gasteiger partial charge >= 0.3 is 0 Å². The van der Waals surface area contributed by atoms with E-state index in [0.29, 0.717) is 34.3 Å². The summed E-state index contributed by atoms with van der Waals surface area (Å²) in [6, 6.07) is 7.41. The zero-order valence-corrected chi connectivity index (χ0v) is 12.2. The molecule has 0 aliphatic carbocycles. The highest BCUT2D eigenvalue weighted by Crippen LogP contribution is 2.23. The summed E-state index contributed by atoms with van der Waals surface area (Å²) in [5.74, 6) is 1.91. The van der Waals surface area contributed by atoms with Crippen LogP contribution in [0.15, 0.2) is 28.8 Å². The largest absolute Gasteiger partial charge is 0.338 e. The number of hydrogen-bond acceptors (Lipinski definition) is 5. The molecule has 2 N–H and O–H groups in total. The normalized spacial score (nSPS) is 12.6. The van der Waals surface area contributed by atoms with Crippen LogP contribution in [-0.4, -0.2) is 21.9 Å². The number of halogens is 1. The van der Waals surface area contributed by atoms with E-state index in [9.17, 15) is 0 Å². The highest BCUT2D eigenvalue weighted by Gasteiger charge is 2.10. The summed E-state index contributed by atoms with van der Waals surface area (Å²) in [6.45, 7) is 2.84. The van der Waals surface area contributed by atoms with Gasteiger partial charge in [0.2, 0.25) is 11.7 Å². The van der Waals surface area contributed by atoms with E-state index < -0.39 is 0 Å². The van der Waals surface area contributed by atoms with Gasteiger partial charge in [-0.25, -0.2) is 0 Å². The monoisotopic (exact) mass is 297 g/mol. The number of rotatable bonds is 6. The van der Waals surface area contributed by atoms with Gasteiger partial charge in [0.1, 0.15) is 0 Å². The van der Waals surface area contributed by atoms with E-state index in [2.05, 4.69) is 17.1 Å². The first kappa shape index (κ1) is 14.4. The fourth-order valence-electron chi connectivity index (χ4n) is 1.59. The Morgan fingerprint density at radius 1 is 1.47 bits per heavy atom. The maximum Gasteiger partial charge on any atom is 0.236 e. The zero-order valence-electron chi connectivity index (χ0n) is 10.7. The summed E-state index contributed by atoms with van der Waals surface area (Å²) in [5.41, 5.74) is 6.38. The average Bonchev–Trinajstić information content (AvgIpc) is 2.85. The third-order valence-corrected chi connectivity index (χ3v) is 4.07. The molecule has 1 heterocycles. The van der Waals surface area contributed by atoms with E-state index in [1.54, 1.807) is 11.8 Å². The quantitative estimate of drug-likeness (QED) is 0.885. The molecule has 0 fully saturated rings. The maximum absolute atomic E-state index is 5.94. The Bertz CT molecular complexity index is 532. The third kappa shape index (κ3) is 4.23. The molecule has 0 aliphatic rings. The lowest BCUT2D eigenvalue weighted by Crippen LogP contribution is -2.07. The lowest BCUT2D eigenvalue weighted by molar-refractivity contribution is 0.391. The van der Waals surface area contributed by atoms with Crippen molar-refractivity contribution in [2.45, 2.75) is 24.3 Å². The first-order valence-electron chi connectivity index (χ1n) is 6.09. The molecule has 2 aromatic rings. The molecule has 0 radical (unpaired) electrons. The molecule has 0 aliphatic heterocycles. The Balaban J connectivity index is 1.99. The standard InChI is InChI=1S/C13H16ClN3OS/c1-9(5-6-15)19-8-12-16-13(17-18-12)10-3-2-4-11(14)7-10/h2-4,7,9H,5-6,8,15H2,1H3. The van der Waals surface area contributed by atoms with E-state index >= 15 is 0 Å². The molecule has 0 spiro atoms. The van der Waals surface area contributed by atoms with Gasteiger partial charge in [-0.1, -0.05) is 35.8 Å². The number of thioether (sulfide) groups is 1. The number of nitrogens with two attached hydrogens (primary N) is 1. The molecule has 0 saturated heterocycles. The van der Waals surface area contributed by atoms with Crippen molar-refractivity contribution in [2.75, 3.05) is 6.54 Å². The fourth-order valence-corrected chi connectivity index (χ4v) is 2.63. The van der Waals surface area contributed by atoms with Crippen molar-refractivity contribution in [3.8, 4) is 11.4 Å². The maximum atomic E-state index is 5.94. The van der Waals surface area contributed by atoms with Crippen LogP contribution < -0.4 is 5.73 Å². The second kappa shape index (κ2) is 6.93. The Morgan fingerprint density at radius 2 is 2.32 bits per heavy atom. The SMILES string of the molecule is CC(CCN)SCc1nc(-c2cccc(Cl)c2)no1. The Hall–Kier alpha value is -1.04. The van der Waals surface area contributed by atoms with Crippen molar-refractivity contribution in [2.24, 2.45) is 5.73 Å². The molecule has 1 unspecified atom stereocenters. The van der Waals surface area contributed by atoms with E-state index in [4.69, 9.17) is 21.9 Å². The molecule has 4 nitrogen and oxygen atoms in total. The number of nitrogens with zero attached hydrogens (tertiary/aromatic N) is 2. The smallest absolute Gasteiger partial charge is 0.236 e. The summed E-state index contributed by atoms with van der Waals surface area (Å²) < 4.78 is 5.23.